The first-order valence-electron chi connectivity index (χ1n) is 6.67. The summed E-state index contributed by atoms with van der Waals surface area (Å²) in [6, 6.07) is 4.19. The van der Waals surface area contributed by atoms with Gasteiger partial charge in [-0.3, -0.25) is 4.68 Å². The first-order valence-corrected chi connectivity index (χ1v) is 6.67. The monoisotopic (exact) mass is 259 g/mol. The second-order valence-corrected chi connectivity index (χ2v) is 4.74. The summed E-state index contributed by atoms with van der Waals surface area (Å²) in [5.41, 5.74) is 4.93. The number of benzene rings is 1. The van der Waals surface area contributed by atoms with Gasteiger partial charge >= 0.3 is 0 Å². The number of hydrogen-bond acceptors (Lipinski definition) is 3. The van der Waals surface area contributed by atoms with E-state index in [1.54, 1.807) is 7.11 Å². The van der Waals surface area contributed by atoms with Crippen LogP contribution < -0.4 is 4.74 Å². The second kappa shape index (κ2) is 5.87. The molecule has 1 aromatic carbocycles. The zero-order valence-electron chi connectivity index (χ0n) is 12.1. The maximum Gasteiger partial charge on any atom is 0.122 e. The third kappa shape index (κ3) is 2.95. The van der Waals surface area contributed by atoms with Crippen LogP contribution in [0.4, 0.5) is 0 Å². The van der Waals surface area contributed by atoms with E-state index in [4.69, 9.17) is 4.74 Å². The Hall–Kier alpha value is -1.84. The number of methoxy groups -OCH3 is 1. The van der Waals surface area contributed by atoms with Gasteiger partial charge in [-0.05, 0) is 56.4 Å². The lowest BCUT2D eigenvalue weighted by atomic mass is 9.98. The summed E-state index contributed by atoms with van der Waals surface area (Å²) < 4.78 is 7.20. The molecule has 0 amide bonds. The molecule has 4 heteroatoms. The zero-order chi connectivity index (χ0) is 13.8. The average molecular weight is 259 g/mol. The fourth-order valence-electron chi connectivity index (χ4n) is 2.21. The maximum atomic E-state index is 5.34. The Labute approximate surface area is 114 Å². The van der Waals surface area contributed by atoms with E-state index >= 15 is 0 Å². The summed E-state index contributed by atoms with van der Waals surface area (Å²) in [6.07, 6.45) is 3.93. The van der Waals surface area contributed by atoms with E-state index < -0.39 is 0 Å². The van der Waals surface area contributed by atoms with Crippen LogP contribution in [-0.2, 0) is 19.4 Å². The number of ether oxygens (including phenoxy) is 1. The van der Waals surface area contributed by atoms with Crippen molar-refractivity contribution in [2.45, 2.75) is 40.2 Å². The molecule has 0 aliphatic rings. The van der Waals surface area contributed by atoms with Crippen LogP contribution in [0.3, 0.4) is 0 Å². The molecule has 2 aromatic rings. The highest BCUT2D eigenvalue weighted by Gasteiger charge is 2.08. The van der Waals surface area contributed by atoms with Gasteiger partial charge in [0.25, 0.3) is 0 Å². The van der Waals surface area contributed by atoms with Gasteiger partial charge in [0, 0.05) is 12.7 Å². The van der Waals surface area contributed by atoms with Crippen molar-refractivity contribution in [2.75, 3.05) is 7.11 Å². The highest BCUT2D eigenvalue weighted by Crippen LogP contribution is 2.24. The Morgan fingerprint density at radius 3 is 2.58 bits per heavy atom. The predicted molar refractivity (Wildman–Crippen MR) is 75.6 cm³/mol. The van der Waals surface area contributed by atoms with Crippen molar-refractivity contribution in [3.63, 3.8) is 0 Å². The molecule has 0 saturated carbocycles. The molecule has 0 N–H and O–H groups in total. The molecule has 0 unspecified atom stereocenters. The summed E-state index contributed by atoms with van der Waals surface area (Å²) >= 11 is 0. The minimum atomic E-state index is 0.869. The van der Waals surface area contributed by atoms with Gasteiger partial charge in [0.15, 0.2) is 0 Å². The smallest absolute Gasteiger partial charge is 0.122 e. The van der Waals surface area contributed by atoms with Crippen LogP contribution in [0.1, 0.15) is 29.3 Å². The van der Waals surface area contributed by atoms with Gasteiger partial charge in [-0.25, -0.2) is 0 Å². The van der Waals surface area contributed by atoms with Crippen LogP contribution in [0.2, 0.25) is 0 Å². The maximum absolute atomic E-state index is 5.34. The fourth-order valence-corrected chi connectivity index (χ4v) is 2.21. The number of aryl methyl sites for hydroxylation is 3. The van der Waals surface area contributed by atoms with Crippen molar-refractivity contribution in [1.82, 2.24) is 15.0 Å². The summed E-state index contributed by atoms with van der Waals surface area (Å²) in [4.78, 5) is 0. The van der Waals surface area contributed by atoms with Crippen LogP contribution in [0.5, 0.6) is 5.75 Å². The first kappa shape index (κ1) is 13.6. The van der Waals surface area contributed by atoms with E-state index in [-0.39, 0.29) is 0 Å². The first-order chi connectivity index (χ1) is 9.15. The topological polar surface area (TPSA) is 39.9 Å². The fraction of sp³-hybridized carbons (Fsp3) is 0.467. The molecule has 4 nitrogen and oxygen atoms in total. The predicted octanol–water partition coefficient (Wildman–Crippen LogP) is 2.71. The summed E-state index contributed by atoms with van der Waals surface area (Å²) in [5, 5.41) is 8.24. The standard InChI is InChI=1S/C15H21N3O/c1-5-18-10-14(16-17-18)8-6-13-7-9-15(19-4)12(3)11(13)2/h7,9-10H,5-6,8H2,1-4H3. The van der Waals surface area contributed by atoms with Crippen molar-refractivity contribution in [3.8, 4) is 5.75 Å². The van der Waals surface area contributed by atoms with Gasteiger partial charge in [-0.1, -0.05) is 11.3 Å². The normalized spacial score (nSPS) is 10.7. The largest absolute Gasteiger partial charge is 0.496 e. The molecule has 0 fully saturated rings. The lowest BCUT2D eigenvalue weighted by Crippen LogP contribution is -1.98. The minimum Gasteiger partial charge on any atom is -0.496 e. The molecule has 0 saturated heterocycles. The van der Waals surface area contributed by atoms with E-state index in [2.05, 4.69) is 37.1 Å². The molecule has 0 aliphatic carbocycles. The highest BCUT2D eigenvalue weighted by molar-refractivity contribution is 5.43. The molecular formula is C15H21N3O. The van der Waals surface area contributed by atoms with Crippen LogP contribution in [0.25, 0.3) is 0 Å². The number of aromatic nitrogens is 3. The number of rotatable bonds is 5. The average Bonchev–Trinajstić information content (AvgIpc) is 2.88. The van der Waals surface area contributed by atoms with E-state index in [0.717, 1.165) is 30.8 Å². The molecule has 1 heterocycles. The van der Waals surface area contributed by atoms with Crippen molar-refractivity contribution in [1.29, 1.82) is 0 Å². The molecule has 0 spiro atoms. The summed E-state index contributed by atoms with van der Waals surface area (Å²) in [7, 11) is 1.71. The Morgan fingerprint density at radius 1 is 1.16 bits per heavy atom. The quantitative estimate of drug-likeness (QED) is 0.829. The molecule has 0 radical (unpaired) electrons. The van der Waals surface area contributed by atoms with Crippen molar-refractivity contribution < 1.29 is 4.74 Å². The highest BCUT2D eigenvalue weighted by atomic mass is 16.5. The third-order valence-corrected chi connectivity index (χ3v) is 3.63. The molecule has 0 bridgehead atoms. The van der Waals surface area contributed by atoms with Crippen LogP contribution >= 0.6 is 0 Å². The molecule has 1 aromatic heterocycles. The third-order valence-electron chi connectivity index (χ3n) is 3.63. The lowest BCUT2D eigenvalue weighted by molar-refractivity contribution is 0.411. The molecule has 19 heavy (non-hydrogen) atoms. The van der Waals surface area contributed by atoms with E-state index in [1.807, 2.05) is 16.9 Å². The van der Waals surface area contributed by atoms with Gasteiger partial charge in [0.05, 0.1) is 12.8 Å². The minimum absolute atomic E-state index is 0.869. The van der Waals surface area contributed by atoms with Gasteiger partial charge in [-0.2, -0.15) is 0 Å². The zero-order valence-corrected chi connectivity index (χ0v) is 12.1. The second-order valence-electron chi connectivity index (χ2n) is 4.74. The van der Waals surface area contributed by atoms with Crippen LogP contribution in [0, 0.1) is 13.8 Å². The Morgan fingerprint density at radius 2 is 1.95 bits per heavy atom. The number of hydrogen-bond donors (Lipinski definition) is 0. The van der Waals surface area contributed by atoms with E-state index in [0.29, 0.717) is 0 Å². The summed E-state index contributed by atoms with van der Waals surface area (Å²) in [5.74, 6) is 0.957. The Kier molecular flexibility index (Phi) is 4.20. The van der Waals surface area contributed by atoms with Crippen molar-refractivity contribution in [3.05, 3.63) is 40.7 Å². The molecule has 0 aliphatic heterocycles. The molecule has 102 valence electrons. The van der Waals surface area contributed by atoms with Crippen molar-refractivity contribution >= 4 is 0 Å². The van der Waals surface area contributed by atoms with Crippen LogP contribution in [-0.4, -0.2) is 22.1 Å². The van der Waals surface area contributed by atoms with E-state index in [9.17, 15) is 0 Å². The van der Waals surface area contributed by atoms with Gasteiger partial charge in [0.1, 0.15) is 5.75 Å². The molecule has 0 atom stereocenters. The van der Waals surface area contributed by atoms with Gasteiger partial charge in [-0.15, -0.1) is 5.10 Å². The van der Waals surface area contributed by atoms with Crippen LogP contribution in [0.15, 0.2) is 18.3 Å². The Bertz CT molecular complexity index is 561. The SMILES string of the molecule is CCn1cc(CCc2ccc(OC)c(C)c2C)nn1. The van der Waals surface area contributed by atoms with Gasteiger partial charge in [0.2, 0.25) is 0 Å². The van der Waals surface area contributed by atoms with E-state index in [1.165, 1.54) is 16.7 Å². The van der Waals surface area contributed by atoms with Crippen molar-refractivity contribution in [2.24, 2.45) is 0 Å². The number of nitrogens with zero attached hydrogens (tertiary/aromatic N) is 3. The summed E-state index contributed by atoms with van der Waals surface area (Å²) in [6.45, 7) is 7.18. The molecular weight excluding hydrogens is 238 g/mol. The van der Waals surface area contributed by atoms with Gasteiger partial charge < -0.3 is 4.74 Å². The Balaban J connectivity index is 2.09. The molecule has 2 rings (SSSR count). The lowest BCUT2D eigenvalue weighted by Gasteiger charge is -2.12.